The van der Waals surface area contributed by atoms with Crippen molar-refractivity contribution in [3.8, 4) is 11.8 Å². The highest BCUT2D eigenvalue weighted by Crippen LogP contribution is 2.40. The average molecular weight is 638 g/mol. The second-order valence-corrected chi connectivity index (χ2v) is 12.0. The van der Waals surface area contributed by atoms with Crippen molar-refractivity contribution in [1.82, 2.24) is 19.8 Å². The van der Waals surface area contributed by atoms with Crippen LogP contribution < -0.4 is 25.3 Å². The van der Waals surface area contributed by atoms with Gasteiger partial charge in [-0.05, 0) is 49.2 Å². The monoisotopic (exact) mass is 637 g/mol. The summed E-state index contributed by atoms with van der Waals surface area (Å²) >= 11 is 0. The zero-order valence-corrected chi connectivity index (χ0v) is 27.2. The van der Waals surface area contributed by atoms with Crippen molar-refractivity contribution in [2.24, 2.45) is 0 Å². The van der Waals surface area contributed by atoms with Gasteiger partial charge in [-0.2, -0.15) is 5.26 Å². The van der Waals surface area contributed by atoms with Crippen LogP contribution >= 0.6 is 0 Å². The normalized spacial score (nSPS) is 19.3. The number of methoxy groups -OCH3 is 1. The van der Waals surface area contributed by atoms with Crippen LogP contribution in [-0.4, -0.2) is 91.2 Å². The van der Waals surface area contributed by atoms with E-state index in [1.54, 1.807) is 18.2 Å². The molecule has 0 spiro atoms. The van der Waals surface area contributed by atoms with E-state index in [2.05, 4.69) is 54.9 Å². The molecule has 1 aromatic heterocycles. The maximum absolute atomic E-state index is 12.6. The van der Waals surface area contributed by atoms with Gasteiger partial charge in [0.25, 0.3) is 0 Å². The number of ether oxygens (including phenoxy) is 1. The van der Waals surface area contributed by atoms with Gasteiger partial charge in [0.15, 0.2) is 5.82 Å². The van der Waals surface area contributed by atoms with Crippen molar-refractivity contribution < 1.29 is 14.4 Å². The molecule has 0 radical (unpaired) electrons. The summed E-state index contributed by atoms with van der Waals surface area (Å²) in [5.41, 5.74) is 3.81. The minimum absolute atomic E-state index is 0.0920. The van der Waals surface area contributed by atoms with Crippen molar-refractivity contribution in [2.75, 3.05) is 80.1 Å². The average Bonchev–Trinajstić information content (AvgIpc) is 3.62. The Hall–Kier alpha value is -4.70. The molecule has 3 aliphatic heterocycles. The summed E-state index contributed by atoms with van der Waals surface area (Å²) in [6, 6.07) is 15.9. The summed E-state index contributed by atoms with van der Waals surface area (Å²) in [4.78, 5) is 35.0. The number of anilines is 5. The summed E-state index contributed by atoms with van der Waals surface area (Å²) in [5.74, 6) is 1.46. The Morgan fingerprint density at radius 3 is 2.62 bits per heavy atom. The number of nitrogens with zero attached hydrogens (tertiary/aromatic N) is 7. The minimum Gasteiger partial charge on any atom is -0.494 e. The van der Waals surface area contributed by atoms with Crippen LogP contribution in [0.5, 0.6) is 5.75 Å². The Labute approximate surface area is 276 Å². The second-order valence-electron chi connectivity index (χ2n) is 12.0. The number of carbonyl (C=O) groups excluding carboxylic acids is 1. The third-order valence-corrected chi connectivity index (χ3v) is 9.38. The summed E-state index contributed by atoms with van der Waals surface area (Å²) in [7, 11) is 1.64. The lowest BCUT2D eigenvalue weighted by Gasteiger charge is -2.43. The number of piperazine rings is 1. The van der Waals surface area contributed by atoms with E-state index in [1.807, 2.05) is 36.4 Å². The van der Waals surface area contributed by atoms with E-state index < -0.39 is 0 Å². The van der Waals surface area contributed by atoms with Crippen molar-refractivity contribution in [2.45, 2.75) is 38.3 Å². The lowest BCUT2D eigenvalue weighted by molar-refractivity contribution is -0.111. The molecule has 1 amide bonds. The van der Waals surface area contributed by atoms with Crippen LogP contribution in [0.2, 0.25) is 0 Å². The van der Waals surface area contributed by atoms with Crippen LogP contribution in [0.3, 0.4) is 0 Å². The molecule has 12 heteroatoms. The second kappa shape index (κ2) is 14.8. The number of piperidine rings is 1. The quantitative estimate of drug-likeness (QED) is 0.301. The fraction of sp³-hybridized carbons (Fsp3) is 0.429. The van der Waals surface area contributed by atoms with Gasteiger partial charge in [-0.3, -0.25) is 14.5 Å². The molecule has 0 aliphatic carbocycles. The van der Waals surface area contributed by atoms with E-state index in [9.17, 15) is 10.1 Å². The number of rotatable bonds is 10. The van der Waals surface area contributed by atoms with Gasteiger partial charge in [0.2, 0.25) is 5.91 Å². The zero-order valence-electron chi connectivity index (χ0n) is 27.2. The number of nitrogens with one attached hydrogen (secondary N) is 2. The number of likely N-dealkylation sites (N-methyl/N-ethyl adjacent to an activating group) is 1. The van der Waals surface area contributed by atoms with Crippen molar-refractivity contribution in [3.63, 3.8) is 0 Å². The lowest BCUT2D eigenvalue weighted by atomic mass is 10.0. The zero-order chi connectivity index (χ0) is 32.8. The number of hydrogen-bond donors (Lipinski definition) is 2. The number of hydroxylamine groups is 1. The highest BCUT2D eigenvalue weighted by Gasteiger charge is 2.31. The molecular weight excluding hydrogens is 594 g/mol. The number of aromatic nitrogens is 2. The molecule has 1 atom stereocenters. The van der Waals surface area contributed by atoms with Gasteiger partial charge in [0.05, 0.1) is 48.5 Å². The van der Waals surface area contributed by atoms with Gasteiger partial charge in [-0.1, -0.05) is 25.6 Å². The van der Waals surface area contributed by atoms with Gasteiger partial charge < -0.3 is 25.2 Å². The lowest BCUT2D eigenvalue weighted by Crippen LogP contribution is -2.53. The summed E-state index contributed by atoms with van der Waals surface area (Å²) in [5, 5.41) is 17.5. The predicted octanol–water partition coefficient (Wildman–Crippen LogP) is 4.71. The highest BCUT2D eigenvalue weighted by molar-refractivity contribution is 6.02. The van der Waals surface area contributed by atoms with Crippen molar-refractivity contribution in [3.05, 3.63) is 72.6 Å². The number of hydrogen-bond acceptors (Lipinski definition) is 11. The maximum Gasteiger partial charge on any atom is 0.247 e. The van der Waals surface area contributed by atoms with Gasteiger partial charge in [0.1, 0.15) is 17.9 Å². The van der Waals surface area contributed by atoms with Gasteiger partial charge >= 0.3 is 0 Å². The molecule has 0 saturated carbocycles. The molecule has 3 saturated heterocycles. The molecule has 12 nitrogen and oxygen atoms in total. The minimum atomic E-state index is -0.284. The SMILES string of the molecule is C=CC(=O)Nc1cc(Nc2cc(N3OCC[C@@H]3c3cccc(C#N)c3)ncn2)c(OC)cc1N1CCC(N2CCN(CC)CC2)CC1. The highest BCUT2D eigenvalue weighted by atomic mass is 16.7. The fourth-order valence-corrected chi connectivity index (χ4v) is 6.78. The molecule has 47 heavy (non-hydrogen) atoms. The molecule has 3 aromatic rings. The molecule has 0 bridgehead atoms. The largest absolute Gasteiger partial charge is 0.494 e. The third kappa shape index (κ3) is 7.33. The molecule has 6 rings (SSSR count). The summed E-state index contributed by atoms with van der Waals surface area (Å²) in [6.07, 6.45) is 5.64. The Morgan fingerprint density at radius 1 is 1.09 bits per heavy atom. The fourth-order valence-electron chi connectivity index (χ4n) is 6.78. The standard InChI is InChI=1S/C35H43N9O3/c1-4-35(45)40-28-20-29(32(46-3)21-31(28)43-12-9-27(10-13-43)42-16-14-41(5-2)15-17-42)39-33-22-34(38-24-37-33)44-30(11-18-47-44)26-8-6-7-25(19-26)23-36/h4,6-8,19-22,24,27,30H,1,5,9-18H2,2-3H3,(H,40,45)(H,37,38,39)/t30-/m1/s1. The van der Waals surface area contributed by atoms with Gasteiger partial charge in [0, 0.05) is 63.9 Å². The first kappa shape index (κ1) is 32.2. The predicted molar refractivity (Wildman–Crippen MR) is 183 cm³/mol. The first-order valence-corrected chi connectivity index (χ1v) is 16.4. The molecule has 4 heterocycles. The molecule has 3 fully saturated rings. The molecule has 2 aromatic carbocycles. The number of amides is 1. The Morgan fingerprint density at radius 2 is 1.89 bits per heavy atom. The van der Waals surface area contributed by atoms with E-state index in [1.165, 1.54) is 12.4 Å². The Kier molecular flexibility index (Phi) is 10.2. The molecule has 3 aliphatic rings. The van der Waals surface area contributed by atoms with Crippen LogP contribution in [0.25, 0.3) is 0 Å². The first-order chi connectivity index (χ1) is 23.0. The number of nitriles is 1. The molecule has 246 valence electrons. The van der Waals surface area contributed by atoms with E-state index in [4.69, 9.17) is 9.57 Å². The first-order valence-electron chi connectivity index (χ1n) is 16.4. The van der Waals surface area contributed by atoms with Crippen LogP contribution in [0, 0.1) is 11.3 Å². The van der Waals surface area contributed by atoms with Crippen LogP contribution in [0.1, 0.15) is 43.4 Å². The molecule has 0 unspecified atom stereocenters. The van der Waals surface area contributed by atoms with E-state index >= 15 is 0 Å². The van der Waals surface area contributed by atoms with E-state index in [0.29, 0.717) is 47.0 Å². The van der Waals surface area contributed by atoms with Crippen LogP contribution in [0.15, 0.2) is 61.4 Å². The van der Waals surface area contributed by atoms with E-state index in [0.717, 1.165) is 76.3 Å². The topological polar surface area (TPSA) is 122 Å². The van der Waals surface area contributed by atoms with Crippen molar-refractivity contribution >= 4 is 34.6 Å². The summed E-state index contributed by atoms with van der Waals surface area (Å²) in [6.45, 7) is 13.8. The number of carbonyl (C=O) groups is 1. The Bertz CT molecular complexity index is 1610. The van der Waals surface area contributed by atoms with E-state index in [-0.39, 0.29) is 11.9 Å². The van der Waals surface area contributed by atoms with Gasteiger partial charge in [-0.15, -0.1) is 0 Å². The Balaban J connectivity index is 1.21. The van der Waals surface area contributed by atoms with Crippen LogP contribution in [-0.2, 0) is 9.63 Å². The smallest absolute Gasteiger partial charge is 0.247 e. The van der Waals surface area contributed by atoms with Crippen LogP contribution in [0.4, 0.5) is 28.7 Å². The molecule has 2 N–H and O–H groups in total. The van der Waals surface area contributed by atoms with Crippen molar-refractivity contribution in [1.29, 1.82) is 5.26 Å². The molecular formula is C35H43N9O3. The van der Waals surface area contributed by atoms with Gasteiger partial charge in [-0.25, -0.2) is 15.0 Å². The summed E-state index contributed by atoms with van der Waals surface area (Å²) < 4.78 is 5.86. The maximum atomic E-state index is 12.6. The number of benzene rings is 2. The third-order valence-electron chi connectivity index (χ3n) is 9.38.